The van der Waals surface area contributed by atoms with E-state index < -0.39 is 5.60 Å². The van der Waals surface area contributed by atoms with E-state index in [0.29, 0.717) is 11.8 Å². The molecule has 2 rings (SSSR count). The molecule has 1 aromatic rings. The largest absolute Gasteiger partial charge is 0.444 e. The summed E-state index contributed by atoms with van der Waals surface area (Å²) in [6.45, 7) is 7.81. The topological polar surface area (TPSA) is 63.6 Å². The molecule has 1 fully saturated rings. The molecule has 0 radical (unpaired) electrons. The predicted octanol–water partition coefficient (Wildman–Crippen LogP) is 4.61. The summed E-state index contributed by atoms with van der Waals surface area (Å²) in [4.78, 5) is 20.3. The highest BCUT2D eigenvalue weighted by Gasteiger charge is 2.30. The van der Waals surface area contributed by atoms with Crippen molar-refractivity contribution in [1.29, 1.82) is 0 Å². The molecule has 0 aromatic carbocycles. The Morgan fingerprint density at radius 3 is 2.83 bits per heavy atom. The van der Waals surface area contributed by atoms with Crippen LogP contribution in [0.4, 0.5) is 10.5 Å². The van der Waals surface area contributed by atoms with E-state index in [1.54, 1.807) is 12.4 Å². The van der Waals surface area contributed by atoms with Gasteiger partial charge >= 0.3 is 6.09 Å². The smallest absolute Gasteiger partial charge is 0.407 e. The minimum absolute atomic E-state index is 0.0890. The zero-order valence-electron chi connectivity index (χ0n) is 14.7. The number of hydrogen-bond donors (Lipinski definition) is 1. The molecule has 130 valence electrons. The van der Waals surface area contributed by atoms with Crippen LogP contribution in [0.3, 0.4) is 0 Å². The van der Waals surface area contributed by atoms with Crippen LogP contribution in [0.2, 0.25) is 0 Å². The number of nitrogens with zero attached hydrogens (tertiary/aromatic N) is 2. The Morgan fingerprint density at radius 1 is 1.42 bits per heavy atom. The van der Waals surface area contributed by atoms with Crippen LogP contribution in [0, 0.1) is 5.92 Å². The highest BCUT2D eigenvalue weighted by molar-refractivity contribution is 7.78. The van der Waals surface area contributed by atoms with Crippen LogP contribution in [0.15, 0.2) is 23.5 Å². The van der Waals surface area contributed by atoms with Gasteiger partial charge in [0.2, 0.25) is 0 Å². The summed E-state index contributed by atoms with van der Waals surface area (Å²) >= 11 is 4.73. The maximum Gasteiger partial charge on any atom is 0.407 e. The molecule has 1 amide bonds. The van der Waals surface area contributed by atoms with Crippen LogP contribution >= 0.6 is 12.2 Å². The number of aromatic nitrogens is 1. The third-order valence-corrected chi connectivity index (χ3v) is 4.19. The monoisotopic (exact) mass is 347 g/mol. The summed E-state index contributed by atoms with van der Waals surface area (Å²) in [5.74, 6) is 0.806. The van der Waals surface area contributed by atoms with E-state index in [-0.39, 0.29) is 12.1 Å². The second kappa shape index (κ2) is 7.86. The maximum absolute atomic E-state index is 12.1. The Hall–Kier alpha value is -1.78. The molecule has 1 aliphatic carbocycles. The second-order valence-corrected chi connectivity index (χ2v) is 7.67. The van der Waals surface area contributed by atoms with Gasteiger partial charge < -0.3 is 10.1 Å². The number of thiocarbonyl (C=S) groups is 1. The van der Waals surface area contributed by atoms with E-state index in [1.165, 1.54) is 0 Å². The number of amides is 1. The van der Waals surface area contributed by atoms with E-state index in [9.17, 15) is 4.79 Å². The van der Waals surface area contributed by atoms with Crippen molar-refractivity contribution in [3.8, 4) is 0 Å². The zero-order valence-corrected chi connectivity index (χ0v) is 15.5. The molecule has 5 nitrogen and oxygen atoms in total. The lowest BCUT2D eigenvalue weighted by Crippen LogP contribution is -2.42. The molecule has 1 aliphatic rings. The van der Waals surface area contributed by atoms with Crippen molar-refractivity contribution in [2.24, 2.45) is 10.9 Å². The average Bonchev–Trinajstić information content (AvgIpc) is 2.45. The Kier molecular flexibility index (Phi) is 6.08. The third kappa shape index (κ3) is 5.39. The minimum Gasteiger partial charge on any atom is -0.444 e. The number of carbonyl (C=O) groups is 1. The van der Waals surface area contributed by atoms with Crippen LogP contribution in [0.1, 0.15) is 58.4 Å². The number of alkyl carbamates (subject to hydrolysis) is 1. The van der Waals surface area contributed by atoms with Crippen LogP contribution in [0.25, 0.3) is 0 Å². The Balaban J connectivity index is 2.11. The maximum atomic E-state index is 12.1. The van der Waals surface area contributed by atoms with Crippen LogP contribution < -0.4 is 5.32 Å². The van der Waals surface area contributed by atoms with Gasteiger partial charge in [-0.3, -0.25) is 4.98 Å². The molecule has 6 heteroatoms. The number of isothiocyanates is 1. The highest BCUT2D eigenvalue weighted by atomic mass is 32.1. The lowest BCUT2D eigenvalue weighted by atomic mass is 9.76. The van der Waals surface area contributed by atoms with Crippen molar-refractivity contribution >= 4 is 29.2 Å². The molecular weight excluding hydrogens is 322 g/mol. The van der Waals surface area contributed by atoms with Gasteiger partial charge in [0, 0.05) is 12.2 Å². The van der Waals surface area contributed by atoms with Gasteiger partial charge in [0.15, 0.2) is 0 Å². The molecule has 0 saturated heterocycles. The molecule has 24 heavy (non-hydrogen) atoms. The number of ether oxygens (including phenoxy) is 1. The van der Waals surface area contributed by atoms with E-state index in [0.717, 1.165) is 30.5 Å². The SMILES string of the molecule is C[C@@H]1C[C@H](NC(=O)OC(C)(C)C)C[C@H](c2ccncc2N=C=S)C1. The first-order valence-corrected chi connectivity index (χ1v) is 8.70. The van der Waals surface area contributed by atoms with E-state index in [4.69, 9.17) is 17.0 Å². The molecule has 1 N–H and O–H groups in total. The first-order chi connectivity index (χ1) is 11.3. The molecule has 0 aliphatic heterocycles. The van der Waals surface area contributed by atoms with Crippen LogP contribution in [-0.4, -0.2) is 27.9 Å². The molecule has 1 heterocycles. The number of rotatable bonds is 3. The van der Waals surface area contributed by atoms with Gasteiger partial charge in [0.1, 0.15) is 5.60 Å². The summed E-state index contributed by atoms with van der Waals surface area (Å²) in [5, 5.41) is 5.44. The summed E-state index contributed by atoms with van der Waals surface area (Å²) in [7, 11) is 0. The van der Waals surface area contributed by atoms with Gasteiger partial charge in [-0.05, 0) is 75.7 Å². The van der Waals surface area contributed by atoms with E-state index in [1.807, 2.05) is 26.8 Å². The summed E-state index contributed by atoms with van der Waals surface area (Å²) < 4.78 is 5.38. The number of hydrogen-bond acceptors (Lipinski definition) is 5. The van der Waals surface area contributed by atoms with Crippen molar-refractivity contribution in [2.45, 2.75) is 64.5 Å². The van der Waals surface area contributed by atoms with Gasteiger partial charge in [0.25, 0.3) is 0 Å². The lowest BCUT2D eigenvalue weighted by molar-refractivity contribution is 0.0482. The molecule has 0 spiro atoms. The highest BCUT2D eigenvalue weighted by Crippen LogP contribution is 2.39. The van der Waals surface area contributed by atoms with Crippen molar-refractivity contribution in [1.82, 2.24) is 10.3 Å². The summed E-state index contributed by atoms with van der Waals surface area (Å²) in [5.41, 5.74) is 1.39. The fraction of sp³-hybridized carbons (Fsp3) is 0.611. The van der Waals surface area contributed by atoms with Crippen molar-refractivity contribution in [2.75, 3.05) is 0 Å². The number of carbonyl (C=O) groups excluding carboxylic acids is 1. The van der Waals surface area contributed by atoms with Gasteiger partial charge in [-0.15, -0.1) is 0 Å². The lowest BCUT2D eigenvalue weighted by Gasteiger charge is -2.34. The average molecular weight is 347 g/mol. The van der Waals surface area contributed by atoms with E-state index in [2.05, 4.69) is 27.4 Å². The number of aliphatic imine (C=N–C) groups is 1. The quantitative estimate of drug-likeness (QED) is 0.640. The predicted molar refractivity (Wildman–Crippen MR) is 97.8 cm³/mol. The van der Waals surface area contributed by atoms with Crippen molar-refractivity contribution < 1.29 is 9.53 Å². The number of pyridine rings is 1. The molecule has 0 unspecified atom stereocenters. The van der Waals surface area contributed by atoms with Crippen molar-refractivity contribution in [3.05, 3.63) is 24.0 Å². The Morgan fingerprint density at radius 2 is 2.17 bits per heavy atom. The minimum atomic E-state index is -0.490. The zero-order chi connectivity index (χ0) is 17.7. The van der Waals surface area contributed by atoms with Gasteiger partial charge in [-0.1, -0.05) is 6.92 Å². The molecule has 3 atom stereocenters. The summed E-state index contributed by atoms with van der Waals surface area (Å²) in [6.07, 6.45) is 5.99. The fourth-order valence-corrected chi connectivity index (χ4v) is 3.43. The Bertz CT molecular complexity index is 635. The van der Waals surface area contributed by atoms with Gasteiger partial charge in [0.05, 0.1) is 17.0 Å². The fourth-order valence-electron chi connectivity index (χ4n) is 3.33. The van der Waals surface area contributed by atoms with Crippen LogP contribution in [0.5, 0.6) is 0 Å². The van der Waals surface area contributed by atoms with Crippen molar-refractivity contribution in [3.63, 3.8) is 0 Å². The standard InChI is InChI=1S/C18H25N3O2S/c1-12-7-13(15-5-6-19-10-16(15)20-11-24)9-14(8-12)21-17(22)23-18(2,3)4/h5-6,10,12-14H,7-9H2,1-4H3,(H,21,22)/t12-,13+,14-/m0/s1. The summed E-state index contributed by atoms with van der Waals surface area (Å²) in [6, 6.07) is 2.07. The second-order valence-electron chi connectivity index (χ2n) is 7.49. The van der Waals surface area contributed by atoms with Gasteiger partial charge in [-0.25, -0.2) is 4.79 Å². The number of nitrogens with one attached hydrogen (secondary N) is 1. The Labute approximate surface area is 148 Å². The molecular formula is C18H25N3O2S. The van der Waals surface area contributed by atoms with E-state index >= 15 is 0 Å². The first kappa shape index (κ1) is 18.6. The molecule has 1 aromatic heterocycles. The van der Waals surface area contributed by atoms with Crippen LogP contribution in [-0.2, 0) is 4.74 Å². The van der Waals surface area contributed by atoms with Gasteiger partial charge in [-0.2, -0.15) is 4.99 Å². The first-order valence-electron chi connectivity index (χ1n) is 8.29. The molecule has 0 bridgehead atoms. The normalized spacial score (nSPS) is 23.9. The molecule has 1 saturated carbocycles. The third-order valence-electron chi connectivity index (χ3n) is 4.10.